The van der Waals surface area contributed by atoms with E-state index in [9.17, 15) is 9.59 Å². The average molecular weight is 391 g/mol. The average Bonchev–Trinajstić information content (AvgIpc) is 3.00. The fraction of sp³-hybridized carbons (Fsp3) is 0.440. The second-order valence-electron chi connectivity index (χ2n) is 9.21. The number of fused-ring (bicyclic) bond motifs is 5. The number of allylic oxidation sites excluding steroid dienone is 6. The van der Waals surface area contributed by atoms with E-state index in [1.807, 2.05) is 18.2 Å². The standard InChI is InChI=1S/C25H26O2S/c1-24-15-13-21(26)23(28-16-6-4-3-5-7-16)20(24)9-8-17-18-10-11-22(27)25(18,2)14-12-19(17)24/h3-9,13,15,17-19H,10-12,14H2,1-2H3/t17?,18?,19?,24-,25+/m1/s1. The number of carbonyl (C=O) groups is 2. The Morgan fingerprint density at radius 3 is 2.57 bits per heavy atom. The molecule has 5 rings (SSSR count). The van der Waals surface area contributed by atoms with Crippen LogP contribution in [0.25, 0.3) is 0 Å². The Hall–Kier alpha value is -1.87. The predicted molar refractivity (Wildman–Crippen MR) is 113 cm³/mol. The van der Waals surface area contributed by atoms with Crippen molar-refractivity contribution >= 4 is 23.3 Å². The molecule has 2 saturated carbocycles. The van der Waals surface area contributed by atoms with E-state index in [4.69, 9.17) is 0 Å². The molecular weight excluding hydrogens is 364 g/mol. The molecule has 0 aliphatic heterocycles. The van der Waals surface area contributed by atoms with E-state index in [1.165, 1.54) is 5.57 Å². The molecule has 4 aliphatic rings. The van der Waals surface area contributed by atoms with Crippen LogP contribution >= 0.6 is 11.8 Å². The first kappa shape index (κ1) is 18.2. The molecule has 1 aromatic rings. The highest BCUT2D eigenvalue weighted by Crippen LogP contribution is 2.62. The van der Waals surface area contributed by atoms with Crippen molar-refractivity contribution in [3.05, 3.63) is 65.1 Å². The normalized spacial score (nSPS) is 39.0. The van der Waals surface area contributed by atoms with Gasteiger partial charge in [0.25, 0.3) is 0 Å². The second kappa shape index (κ2) is 6.32. The van der Waals surface area contributed by atoms with Crippen LogP contribution < -0.4 is 0 Å². The molecule has 5 atom stereocenters. The SMILES string of the molecule is C[C@]12C=CC(=O)C(Sc3ccccc3)=C1C=CC1C2CC[C@]2(C)C(=O)CCC12. The van der Waals surface area contributed by atoms with Crippen LogP contribution in [0.1, 0.15) is 39.5 Å². The number of ketones is 2. The van der Waals surface area contributed by atoms with Crippen LogP contribution in [0.15, 0.2) is 70.0 Å². The lowest BCUT2D eigenvalue weighted by Crippen LogP contribution is -2.48. The number of hydrogen-bond acceptors (Lipinski definition) is 3. The Labute approximate surface area is 171 Å². The zero-order valence-electron chi connectivity index (χ0n) is 16.5. The molecule has 0 N–H and O–H groups in total. The fourth-order valence-corrected chi connectivity index (χ4v) is 7.32. The summed E-state index contributed by atoms with van der Waals surface area (Å²) in [6.07, 6.45) is 12.3. The van der Waals surface area contributed by atoms with E-state index in [2.05, 4.69) is 44.2 Å². The summed E-state index contributed by atoms with van der Waals surface area (Å²) in [6, 6.07) is 10.2. The van der Waals surface area contributed by atoms with Gasteiger partial charge in [-0.3, -0.25) is 9.59 Å². The van der Waals surface area contributed by atoms with Crippen molar-refractivity contribution in [1.82, 2.24) is 0 Å². The van der Waals surface area contributed by atoms with Crippen LogP contribution in [-0.2, 0) is 9.59 Å². The number of hydrogen-bond donors (Lipinski definition) is 0. The van der Waals surface area contributed by atoms with Gasteiger partial charge >= 0.3 is 0 Å². The van der Waals surface area contributed by atoms with Gasteiger partial charge in [-0.1, -0.05) is 62.0 Å². The van der Waals surface area contributed by atoms with Gasteiger partial charge in [0.2, 0.25) is 0 Å². The Morgan fingerprint density at radius 1 is 1.00 bits per heavy atom. The summed E-state index contributed by atoms with van der Waals surface area (Å²) in [5, 5.41) is 0. The van der Waals surface area contributed by atoms with E-state index in [0.717, 1.165) is 35.5 Å². The molecule has 1 aromatic carbocycles. The summed E-state index contributed by atoms with van der Waals surface area (Å²) in [7, 11) is 0. The van der Waals surface area contributed by atoms with Gasteiger partial charge in [0.05, 0.1) is 4.91 Å². The molecule has 0 amide bonds. The largest absolute Gasteiger partial charge is 0.299 e. The number of Topliss-reactive ketones (excluding diaryl/α,β-unsaturated/α-hetero) is 1. The molecule has 28 heavy (non-hydrogen) atoms. The van der Waals surface area contributed by atoms with Crippen molar-refractivity contribution in [1.29, 1.82) is 0 Å². The van der Waals surface area contributed by atoms with Gasteiger partial charge in [0.15, 0.2) is 5.78 Å². The Morgan fingerprint density at radius 2 is 1.79 bits per heavy atom. The molecule has 4 aliphatic carbocycles. The Kier molecular flexibility index (Phi) is 4.10. The number of carbonyl (C=O) groups excluding carboxylic acids is 2. The molecule has 0 spiro atoms. The van der Waals surface area contributed by atoms with Crippen LogP contribution in [0.5, 0.6) is 0 Å². The summed E-state index contributed by atoms with van der Waals surface area (Å²) in [6.45, 7) is 4.50. The maximum Gasteiger partial charge on any atom is 0.192 e. The molecular formula is C25H26O2S. The first-order valence-electron chi connectivity index (χ1n) is 10.4. The molecule has 0 aromatic heterocycles. The highest BCUT2D eigenvalue weighted by atomic mass is 32.2. The van der Waals surface area contributed by atoms with Crippen molar-refractivity contribution in [3.63, 3.8) is 0 Å². The minimum Gasteiger partial charge on any atom is -0.299 e. The van der Waals surface area contributed by atoms with Crippen molar-refractivity contribution in [2.45, 2.75) is 44.4 Å². The van der Waals surface area contributed by atoms with Gasteiger partial charge in [-0.25, -0.2) is 0 Å². The van der Waals surface area contributed by atoms with Gasteiger partial charge in [-0.2, -0.15) is 0 Å². The van der Waals surface area contributed by atoms with Crippen LogP contribution in [0.4, 0.5) is 0 Å². The van der Waals surface area contributed by atoms with E-state index < -0.39 is 0 Å². The summed E-state index contributed by atoms with van der Waals surface area (Å²) >= 11 is 1.59. The predicted octanol–water partition coefficient (Wildman–Crippen LogP) is 5.76. The summed E-state index contributed by atoms with van der Waals surface area (Å²) in [5.41, 5.74) is 0.902. The van der Waals surface area contributed by atoms with Gasteiger partial charge in [0, 0.05) is 22.1 Å². The molecule has 144 valence electrons. The lowest BCUT2D eigenvalue weighted by molar-refractivity contribution is -0.130. The molecule has 2 fully saturated rings. The van der Waals surface area contributed by atoms with Gasteiger partial charge < -0.3 is 0 Å². The molecule has 0 heterocycles. The second-order valence-corrected chi connectivity index (χ2v) is 10.3. The lowest BCUT2D eigenvalue weighted by Gasteiger charge is -2.53. The number of thioether (sulfide) groups is 1. The smallest absolute Gasteiger partial charge is 0.192 e. The van der Waals surface area contributed by atoms with E-state index in [1.54, 1.807) is 17.8 Å². The van der Waals surface area contributed by atoms with E-state index in [0.29, 0.717) is 23.5 Å². The minimum absolute atomic E-state index is 0.112. The molecule has 3 heteroatoms. The minimum atomic E-state index is -0.140. The third kappa shape index (κ3) is 2.48. The summed E-state index contributed by atoms with van der Waals surface area (Å²) < 4.78 is 0. The number of benzene rings is 1. The molecule has 2 nitrogen and oxygen atoms in total. The van der Waals surface area contributed by atoms with Crippen molar-refractivity contribution in [2.75, 3.05) is 0 Å². The molecule has 0 saturated heterocycles. The first-order valence-corrected chi connectivity index (χ1v) is 11.2. The molecule has 0 radical (unpaired) electrons. The van der Waals surface area contributed by atoms with Crippen LogP contribution in [-0.4, -0.2) is 11.6 Å². The van der Waals surface area contributed by atoms with Gasteiger partial charge in [-0.15, -0.1) is 0 Å². The highest BCUT2D eigenvalue weighted by Gasteiger charge is 2.57. The van der Waals surface area contributed by atoms with Crippen molar-refractivity contribution < 1.29 is 9.59 Å². The first-order chi connectivity index (χ1) is 13.4. The van der Waals surface area contributed by atoms with E-state index in [-0.39, 0.29) is 16.6 Å². The van der Waals surface area contributed by atoms with Crippen molar-refractivity contribution in [2.24, 2.45) is 28.6 Å². The maximum absolute atomic E-state index is 12.8. The van der Waals surface area contributed by atoms with Gasteiger partial charge in [-0.05, 0) is 60.8 Å². The monoisotopic (exact) mass is 390 g/mol. The third-order valence-electron chi connectivity index (χ3n) is 7.89. The Balaban J connectivity index is 1.58. The zero-order valence-corrected chi connectivity index (χ0v) is 17.3. The highest BCUT2D eigenvalue weighted by molar-refractivity contribution is 8.04. The van der Waals surface area contributed by atoms with Crippen LogP contribution in [0, 0.1) is 28.6 Å². The lowest BCUT2D eigenvalue weighted by atomic mass is 9.50. The van der Waals surface area contributed by atoms with Crippen LogP contribution in [0.3, 0.4) is 0 Å². The quantitative estimate of drug-likeness (QED) is 0.644. The zero-order chi connectivity index (χ0) is 19.5. The Bertz CT molecular complexity index is 941. The van der Waals surface area contributed by atoms with Crippen LogP contribution in [0.2, 0.25) is 0 Å². The molecule has 3 unspecified atom stereocenters. The maximum atomic E-state index is 12.8. The van der Waals surface area contributed by atoms with Crippen molar-refractivity contribution in [3.8, 4) is 0 Å². The third-order valence-corrected chi connectivity index (χ3v) is 9.02. The number of rotatable bonds is 2. The molecule has 0 bridgehead atoms. The topological polar surface area (TPSA) is 34.1 Å². The fourth-order valence-electron chi connectivity index (χ4n) is 6.22. The summed E-state index contributed by atoms with van der Waals surface area (Å²) in [4.78, 5) is 27.3. The summed E-state index contributed by atoms with van der Waals surface area (Å²) in [5.74, 6) is 1.92. The van der Waals surface area contributed by atoms with Gasteiger partial charge in [0.1, 0.15) is 5.78 Å². The van der Waals surface area contributed by atoms with E-state index >= 15 is 0 Å².